The second kappa shape index (κ2) is 24.7. The summed E-state index contributed by atoms with van der Waals surface area (Å²) >= 11 is 34.5. The number of hydrogen-bond donors (Lipinski definition) is 5. The summed E-state index contributed by atoms with van der Waals surface area (Å²) < 4.78 is 84.8. The SMILES string of the molecule is COC(=O)C(Cc1ccc(NC(=O)c2c(Cl)cccc2Cl)cc1)NC(=S)c1ccccc1C(F)(F)F.O=C(Nc1ccc(CC(NC(=S)c2ccccc2C(F)(F)F)C(=O)O)cc1)c1c(Cl)cccc1Cl. The Labute approximate surface area is 432 Å². The van der Waals surface area contributed by atoms with Crippen LogP contribution in [0.15, 0.2) is 133 Å². The van der Waals surface area contributed by atoms with Crippen molar-refractivity contribution >= 4 is 116 Å². The number of nitrogens with one attached hydrogen (secondary N) is 4. The van der Waals surface area contributed by atoms with Crippen LogP contribution in [0.1, 0.15) is 54.1 Å². The minimum Gasteiger partial charge on any atom is -0.480 e. The Kier molecular flexibility index (Phi) is 19.4. The molecule has 0 aliphatic carbocycles. The van der Waals surface area contributed by atoms with E-state index in [4.69, 9.17) is 75.6 Å². The molecule has 0 bridgehead atoms. The van der Waals surface area contributed by atoms with E-state index in [9.17, 15) is 50.6 Å². The van der Waals surface area contributed by atoms with Crippen LogP contribution in [0.5, 0.6) is 0 Å². The van der Waals surface area contributed by atoms with Crippen molar-refractivity contribution in [1.29, 1.82) is 0 Å². The summed E-state index contributed by atoms with van der Waals surface area (Å²) in [5.74, 6) is -3.01. The van der Waals surface area contributed by atoms with Gasteiger partial charge in [0.2, 0.25) is 0 Å². The van der Waals surface area contributed by atoms with Gasteiger partial charge in [0.25, 0.3) is 11.8 Å². The van der Waals surface area contributed by atoms with Crippen molar-refractivity contribution in [2.45, 2.75) is 37.3 Å². The highest BCUT2D eigenvalue weighted by Gasteiger charge is 2.36. The van der Waals surface area contributed by atoms with E-state index >= 15 is 0 Å². The first-order valence-corrected chi connectivity index (χ1v) is 22.7. The van der Waals surface area contributed by atoms with Gasteiger partial charge in [-0.1, -0.05) is 144 Å². The number of carbonyl (C=O) groups excluding carboxylic acids is 3. The highest BCUT2D eigenvalue weighted by atomic mass is 35.5. The molecule has 0 saturated heterocycles. The van der Waals surface area contributed by atoms with Gasteiger partial charge in [-0.2, -0.15) is 26.3 Å². The second-order valence-corrected chi connectivity index (χ2v) is 17.3. The highest BCUT2D eigenvalue weighted by Crippen LogP contribution is 2.34. The fraction of sp³-hybridized carbons (Fsp3) is 0.143. The van der Waals surface area contributed by atoms with E-state index in [0.29, 0.717) is 22.5 Å². The number of alkyl halides is 6. The number of amides is 2. The Balaban J connectivity index is 0.000000264. The number of halogens is 10. The average molecular weight is 1100 g/mol. The van der Waals surface area contributed by atoms with Gasteiger partial charge in [0.15, 0.2) is 0 Å². The molecule has 22 heteroatoms. The lowest BCUT2D eigenvalue weighted by atomic mass is 10.0. The van der Waals surface area contributed by atoms with Gasteiger partial charge in [-0.15, -0.1) is 0 Å². The van der Waals surface area contributed by atoms with Gasteiger partial charge in [0.1, 0.15) is 22.1 Å². The van der Waals surface area contributed by atoms with Gasteiger partial charge < -0.3 is 31.1 Å². The summed E-state index contributed by atoms with van der Waals surface area (Å²) in [7, 11) is 1.17. The minimum absolute atomic E-state index is 0.0611. The zero-order valence-corrected chi connectivity index (χ0v) is 41.0. The Hall–Kier alpha value is -6.28. The molecule has 6 rings (SSSR count). The van der Waals surface area contributed by atoms with E-state index in [1.54, 1.807) is 72.8 Å². The predicted molar refractivity (Wildman–Crippen MR) is 269 cm³/mol. The van der Waals surface area contributed by atoms with Gasteiger partial charge in [-0.25, -0.2) is 9.59 Å². The number of thiocarbonyl (C=S) groups is 2. The quantitative estimate of drug-likeness (QED) is 0.0406. The van der Waals surface area contributed by atoms with Gasteiger partial charge in [0.05, 0.1) is 49.5 Å². The summed E-state index contributed by atoms with van der Waals surface area (Å²) in [6.45, 7) is 0. The third-order valence-corrected chi connectivity index (χ3v) is 12.0. The molecular weight excluding hydrogens is 1060 g/mol. The number of esters is 1. The molecular formula is C49H36Cl4F6N4O6S2. The number of carboxylic acid groups (broad SMARTS) is 1. The Morgan fingerprint density at radius 3 is 1.21 bits per heavy atom. The molecule has 0 aromatic heterocycles. The normalized spacial score (nSPS) is 12.0. The lowest BCUT2D eigenvalue weighted by Gasteiger charge is -2.20. The average Bonchev–Trinajstić information content (AvgIpc) is 3.31. The van der Waals surface area contributed by atoms with E-state index in [0.717, 1.165) is 12.1 Å². The maximum absolute atomic E-state index is 13.4. The summed E-state index contributed by atoms with van der Waals surface area (Å²) in [4.78, 5) is 48.6. The van der Waals surface area contributed by atoms with Crippen LogP contribution in [-0.4, -0.2) is 58.0 Å². The van der Waals surface area contributed by atoms with Gasteiger partial charge in [-0.05, 0) is 71.8 Å². The second-order valence-electron chi connectivity index (χ2n) is 14.9. The van der Waals surface area contributed by atoms with Crippen molar-refractivity contribution in [2.24, 2.45) is 0 Å². The van der Waals surface area contributed by atoms with Crippen LogP contribution in [0.2, 0.25) is 20.1 Å². The molecule has 0 spiro atoms. The van der Waals surface area contributed by atoms with Crippen LogP contribution in [0.3, 0.4) is 0 Å². The van der Waals surface area contributed by atoms with Crippen molar-refractivity contribution < 1.29 is 55.4 Å². The van der Waals surface area contributed by atoms with Crippen molar-refractivity contribution in [1.82, 2.24) is 10.6 Å². The molecule has 0 radical (unpaired) electrons. The van der Waals surface area contributed by atoms with E-state index in [2.05, 4.69) is 21.3 Å². The molecule has 5 N–H and O–H groups in total. The number of carboxylic acids is 1. The minimum atomic E-state index is -4.64. The molecule has 0 aliphatic rings. The number of methoxy groups -OCH3 is 1. The molecule has 0 fully saturated rings. The molecule has 370 valence electrons. The topological polar surface area (TPSA) is 146 Å². The standard InChI is InChI=1S/C25H19Cl2F3N2O3S.C24H17Cl2F3N2O3S/c1-35-24(34)20(32-23(36)16-5-2-3-6-17(16)25(28,29)30)13-14-9-11-15(12-10-14)31-22(33)21-18(26)7-4-8-19(21)27;25-17-6-3-7-18(26)20(17)21(32)30-14-10-8-13(9-11-14)12-19(23(33)34)31-22(35)15-4-1-2-5-16(15)24(27,28)29/h2-12,20H,13H2,1H3,(H,31,33)(H,32,36);1-11,19H,12H2,(H,30,32)(H,31,35)(H,33,34). The van der Waals surface area contributed by atoms with Crippen LogP contribution < -0.4 is 21.3 Å². The summed E-state index contributed by atoms with van der Waals surface area (Å²) in [5.41, 5.74) is -0.145. The highest BCUT2D eigenvalue weighted by molar-refractivity contribution is 7.81. The molecule has 0 saturated carbocycles. The third-order valence-electron chi connectivity index (χ3n) is 10.0. The molecule has 2 unspecified atom stereocenters. The van der Waals surface area contributed by atoms with Gasteiger partial charge in [0, 0.05) is 35.3 Å². The van der Waals surface area contributed by atoms with Crippen molar-refractivity contribution in [3.8, 4) is 0 Å². The van der Waals surface area contributed by atoms with Crippen molar-refractivity contribution in [3.63, 3.8) is 0 Å². The number of anilines is 2. The Morgan fingerprint density at radius 1 is 0.535 bits per heavy atom. The first-order valence-electron chi connectivity index (χ1n) is 20.4. The molecule has 2 atom stereocenters. The molecule has 0 heterocycles. The van der Waals surface area contributed by atoms with Crippen LogP contribution >= 0.6 is 70.8 Å². The fourth-order valence-corrected chi connectivity index (χ4v) is 8.38. The summed E-state index contributed by atoms with van der Waals surface area (Å²) in [5, 5.41) is 20.9. The third kappa shape index (κ3) is 15.4. The zero-order valence-electron chi connectivity index (χ0n) is 36.4. The predicted octanol–water partition coefficient (Wildman–Crippen LogP) is 12.5. The molecule has 6 aromatic carbocycles. The largest absolute Gasteiger partial charge is 0.480 e. The summed E-state index contributed by atoms with van der Waals surface area (Å²) in [6.07, 6.45) is -9.27. The number of ether oxygens (including phenoxy) is 1. The van der Waals surface area contributed by atoms with Crippen LogP contribution in [-0.2, 0) is 39.5 Å². The van der Waals surface area contributed by atoms with Crippen molar-refractivity contribution in [3.05, 3.63) is 198 Å². The molecule has 0 aliphatic heterocycles. The maximum atomic E-state index is 13.4. The summed E-state index contributed by atoms with van der Waals surface area (Å²) in [6, 6.07) is 29.3. The molecule has 71 heavy (non-hydrogen) atoms. The Morgan fingerprint density at radius 2 is 0.873 bits per heavy atom. The van der Waals surface area contributed by atoms with Crippen LogP contribution in [0.4, 0.5) is 37.7 Å². The first kappa shape index (κ1) is 55.6. The van der Waals surface area contributed by atoms with E-state index in [1.807, 2.05) is 0 Å². The van der Waals surface area contributed by atoms with Crippen LogP contribution in [0.25, 0.3) is 0 Å². The maximum Gasteiger partial charge on any atom is 0.417 e. The lowest BCUT2D eigenvalue weighted by molar-refractivity contribution is -0.142. The fourth-order valence-electron chi connectivity index (χ4n) is 6.60. The number of carbonyl (C=O) groups is 4. The van der Waals surface area contributed by atoms with Crippen molar-refractivity contribution in [2.75, 3.05) is 17.7 Å². The first-order chi connectivity index (χ1) is 33.5. The van der Waals surface area contributed by atoms with Gasteiger partial charge in [-0.3, -0.25) is 9.59 Å². The lowest BCUT2D eigenvalue weighted by Crippen LogP contribution is -2.43. The monoisotopic (exact) mass is 1090 g/mol. The number of hydrogen-bond acceptors (Lipinski definition) is 7. The zero-order chi connectivity index (χ0) is 52.2. The number of aliphatic carboxylic acids is 1. The van der Waals surface area contributed by atoms with E-state index < -0.39 is 59.3 Å². The molecule has 6 aromatic rings. The van der Waals surface area contributed by atoms with Crippen LogP contribution in [0, 0.1) is 0 Å². The molecule has 2 amide bonds. The number of benzene rings is 6. The molecule has 10 nitrogen and oxygen atoms in total. The number of rotatable bonds is 14. The Bertz CT molecular complexity index is 2910. The van der Waals surface area contributed by atoms with E-state index in [1.165, 1.54) is 55.6 Å². The smallest absolute Gasteiger partial charge is 0.417 e. The van der Waals surface area contributed by atoms with E-state index in [-0.39, 0.29) is 65.2 Å². The van der Waals surface area contributed by atoms with Gasteiger partial charge >= 0.3 is 24.3 Å².